The molecule has 0 spiro atoms. The molecule has 1 aromatic rings. The van der Waals surface area contributed by atoms with E-state index in [-0.39, 0.29) is 24.8 Å². The summed E-state index contributed by atoms with van der Waals surface area (Å²) < 4.78 is 38.1. The Morgan fingerprint density at radius 1 is 1.30 bits per heavy atom. The molecule has 1 aliphatic rings. The second-order valence-electron chi connectivity index (χ2n) is 4.97. The summed E-state index contributed by atoms with van der Waals surface area (Å²) in [6, 6.07) is 6.95. The van der Waals surface area contributed by atoms with Gasteiger partial charge in [-0.2, -0.15) is 13.2 Å². The zero-order valence-corrected chi connectivity index (χ0v) is 12.4. The van der Waals surface area contributed by atoms with Crippen LogP contribution in [0.3, 0.4) is 0 Å². The topological polar surface area (TPSA) is 20.3 Å². The highest BCUT2D eigenvalue weighted by molar-refractivity contribution is 9.10. The average molecular weight is 350 g/mol. The molecule has 0 heterocycles. The van der Waals surface area contributed by atoms with Crippen LogP contribution >= 0.6 is 15.9 Å². The van der Waals surface area contributed by atoms with Crippen molar-refractivity contribution in [3.8, 4) is 0 Å². The summed E-state index contributed by atoms with van der Waals surface area (Å²) >= 11 is 3.28. The van der Waals surface area contributed by atoms with Crippen molar-refractivity contribution in [2.24, 2.45) is 0 Å². The number of hydrogen-bond acceptors (Lipinski definition) is 2. The van der Waals surface area contributed by atoms with Crippen LogP contribution in [0.15, 0.2) is 28.7 Å². The van der Waals surface area contributed by atoms with Gasteiger partial charge in [0.25, 0.3) is 0 Å². The Morgan fingerprint density at radius 3 is 2.50 bits per heavy atom. The van der Waals surface area contributed by atoms with E-state index in [2.05, 4.69) is 15.9 Å². The third kappa shape index (κ3) is 4.59. The molecule has 0 N–H and O–H groups in total. The fraction of sp³-hybridized carbons (Fsp3) is 0.500. The number of hydrogen-bond donors (Lipinski definition) is 0. The van der Waals surface area contributed by atoms with Crippen LogP contribution in [0, 0.1) is 0 Å². The molecule has 0 aromatic heterocycles. The smallest absolute Gasteiger partial charge is 0.294 e. The molecule has 1 fully saturated rings. The Hall–Kier alpha value is -0.880. The van der Waals surface area contributed by atoms with Crippen LogP contribution in [0.1, 0.15) is 29.6 Å². The van der Waals surface area contributed by atoms with Gasteiger partial charge in [-0.1, -0.05) is 34.1 Å². The number of carbonyl (C=O) groups is 1. The Labute approximate surface area is 124 Å². The summed E-state index contributed by atoms with van der Waals surface area (Å²) in [4.78, 5) is 13.4. The van der Waals surface area contributed by atoms with Crippen LogP contribution in [-0.4, -0.2) is 36.0 Å². The van der Waals surface area contributed by atoms with Crippen LogP contribution in [0.2, 0.25) is 0 Å². The van der Waals surface area contributed by atoms with Gasteiger partial charge in [-0.15, -0.1) is 0 Å². The van der Waals surface area contributed by atoms with E-state index < -0.39 is 12.7 Å². The molecular formula is C14H15BrF3NO. The molecule has 2 nitrogen and oxygen atoms in total. The Bertz CT molecular complexity index is 486. The predicted octanol–water partition coefficient (Wildman–Crippen LogP) is 4.05. The van der Waals surface area contributed by atoms with Gasteiger partial charge in [-0.3, -0.25) is 9.69 Å². The third-order valence-electron chi connectivity index (χ3n) is 3.25. The van der Waals surface area contributed by atoms with Crippen LogP contribution < -0.4 is 0 Å². The van der Waals surface area contributed by atoms with E-state index in [0.717, 1.165) is 12.8 Å². The summed E-state index contributed by atoms with van der Waals surface area (Å²) in [5, 5.41) is 0. The fourth-order valence-corrected chi connectivity index (χ4v) is 2.63. The van der Waals surface area contributed by atoms with Gasteiger partial charge < -0.3 is 0 Å². The largest absolute Gasteiger partial charge is 0.401 e. The van der Waals surface area contributed by atoms with Gasteiger partial charge in [0, 0.05) is 29.0 Å². The molecule has 1 aromatic carbocycles. The van der Waals surface area contributed by atoms with Crippen molar-refractivity contribution < 1.29 is 18.0 Å². The zero-order chi connectivity index (χ0) is 14.8. The quantitative estimate of drug-likeness (QED) is 0.722. The van der Waals surface area contributed by atoms with Crippen LogP contribution in [0.25, 0.3) is 0 Å². The van der Waals surface area contributed by atoms with Crippen LogP contribution in [0.5, 0.6) is 0 Å². The second kappa shape index (κ2) is 6.26. The minimum Gasteiger partial charge on any atom is -0.294 e. The van der Waals surface area contributed by atoms with Crippen LogP contribution in [-0.2, 0) is 0 Å². The lowest BCUT2D eigenvalue weighted by Crippen LogP contribution is -2.37. The summed E-state index contributed by atoms with van der Waals surface area (Å²) in [6.07, 6.45) is -2.52. The zero-order valence-electron chi connectivity index (χ0n) is 10.8. The van der Waals surface area contributed by atoms with Crippen molar-refractivity contribution >= 4 is 21.7 Å². The molecule has 6 heteroatoms. The highest BCUT2D eigenvalue weighted by atomic mass is 79.9. The number of halogens is 4. The maximum atomic E-state index is 12.5. The molecule has 1 aliphatic carbocycles. The first-order chi connectivity index (χ1) is 9.37. The van der Waals surface area contributed by atoms with Crippen molar-refractivity contribution in [1.29, 1.82) is 0 Å². The van der Waals surface area contributed by atoms with E-state index in [4.69, 9.17) is 0 Å². The van der Waals surface area contributed by atoms with Gasteiger partial charge in [-0.05, 0) is 18.9 Å². The van der Waals surface area contributed by atoms with Crippen LogP contribution in [0.4, 0.5) is 13.2 Å². The lowest BCUT2D eigenvalue weighted by Gasteiger charge is -2.23. The van der Waals surface area contributed by atoms with E-state index in [0.29, 0.717) is 10.0 Å². The normalized spacial score (nSPS) is 15.7. The number of benzene rings is 1. The van der Waals surface area contributed by atoms with E-state index in [1.807, 2.05) is 0 Å². The summed E-state index contributed by atoms with van der Waals surface area (Å²) in [5.74, 6) is -0.134. The van der Waals surface area contributed by atoms with Gasteiger partial charge >= 0.3 is 6.18 Å². The van der Waals surface area contributed by atoms with Crippen molar-refractivity contribution in [3.63, 3.8) is 0 Å². The van der Waals surface area contributed by atoms with Crippen molar-refractivity contribution in [3.05, 3.63) is 34.3 Å². The highest BCUT2D eigenvalue weighted by Gasteiger charge is 2.37. The maximum Gasteiger partial charge on any atom is 0.401 e. The third-order valence-corrected chi connectivity index (χ3v) is 3.94. The van der Waals surface area contributed by atoms with Crippen molar-refractivity contribution in [2.75, 3.05) is 13.1 Å². The molecule has 20 heavy (non-hydrogen) atoms. The number of Topliss-reactive ketones (excluding diaryl/α,β-unsaturated/α-hetero) is 1. The Balaban J connectivity index is 1.92. The second-order valence-corrected chi connectivity index (χ2v) is 5.82. The first-order valence-corrected chi connectivity index (χ1v) is 7.24. The highest BCUT2D eigenvalue weighted by Crippen LogP contribution is 2.30. The minimum atomic E-state index is -4.21. The molecule has 0 saturated heterocycles. The molecule has 0 amide bonds. The number of nitrogens with zero attached hydrogens (tertiary/aromatic N) is 1. The molecule has 0 bridgehead atoms. The van der Waals surface area contributed by atoms with E-state index in [1.54, 1.807) is 24.3 Å². The first kappa shape index (κ1) is 15.5. The number of carbonyl (C=O) groups excluding carboxylic acids is 1. The average Bonchev–Trinajstić information content (AvgIpc) is 3.17. The van der Waals surface area contributed by atoms with Gasteiger partial charge in [0.1, 0.15) is 0 Å². The van der Waals surface area contributed by atoms with E-state index >= 15 is 0 Å². The molecule has 2 rings (SSSR count). The van der Waals surface area contributed by atoms with Crippen molar-refractivity contribution in [2.45, 2.75) is 31.5 Å². The number of rotatable bonds is 6. The molecule has 1 saturated carbocycles. The van der Waals surface area contributed by atoms with Gasteiger partial charge in [-0.25, -0.2) is 0 Å². The fourth-order valence-electron chi connectivity index (χ4n) is 2.13. The van der Waals surface area contributed by atoms with Gasteiger partial charge in [0.2, 0.25) is 0 Å². The standard InChI is InChI=1S/C14H15BrF3NO/c15-12-4-2-1-3-11(12)13(20)7-8-19(10-5-6-10)9-14(16,17)18/h1-4,10H,5-9H2. The molecule has 110 valence electrons. The molecule has 0 radical (unpaired) electrons. The number of alkyl halides is 3. The first-order valence-electron chi connectivity index (χ1n) is 6.45. The monoisotopic (exact) mass is 349 g/mol. The Morgan fingerprint density at radius 2 is 1.95 bits per heavy atom. The van der Waals surface area contributed by atoms with E-state index in [9.17, 15) is 18.0 Å². The molecule has 0 atom stereocenters. The lowest BCUT2D eigenvalue weighted by atomic mass is 10.1. The molecular weight excluding hydrogens is 335 g/mol. The minimum absolute atomic E-state index is 0.0105. The summed E-state index contributed by atoms with van der Waals surface area (Å²) in [7, 11) is 0. The predicted molar refractivity (Wildman–Crippen MR) is 73.7 cm³/mol. The number of ketones is 1. The molecule has 0 aliphatic heterocycles. The molecule has 0 unspecified atom stereocenters. The Kier molecular flexibility index (Phi) is 4.86. The summed E-state index contributed by atoms with van der Waals surface area (Å²) in [5.41, 5.74) is 0.523. The summed E-state index contributed by atoms with van der Waals surface area (Å²) in [6.45, 7) is -0.773. The van der Waals surface area contributed by atoms with E-state index in [1.165, 1.54) is 4.90 Å². The van der Waals surface area contributed by atoms with Gasteiger partial charge in [0.05, 0.1) is 6.54 Å². The SMILES string of the molecule is O=C(CCN(CC(F)(F)F)C1CC1)c1ccccc1Br. The lowest BCUT2D eigenvalue weighted by molar-refractivity contribution is -0.147. The van der Waals surface area contributed by atoms with Crippen molar-refractivity contribution in [1.82, 2.24) is 4.90 Å². The maximum absolute atomic E-state index is 12.5. The van der Waals surface area contributed by atoms with Gasteiger partial charge in [0.15, 0.2) is 5.78 Å².